The summed E-state index contributed by atoms with van der Waals surface area (Å²) >= 11 is 0. The second-order valence-electron chi connectivity index (χ2n) is 1.85. The van der Waals surface area contributed by atoms with Crippen LogP contribution < -0.4 is 0 Å². The van der Waals surface area contributed by atoms with Gasteiger partial charge in [0.1, 0.15) is 11.9 Å². The van der Waals surface area contributed by atoms with E-state index < -0.39 is 0 Å². The van der Waals surface area contributed by atoms with Gasteiger partial charge in [-0.3, -0.25) is 0 Å². The van der Waals surface area contributed by atoms with Crippen LogP contribution in [0, 0.1) is 0 Å². The van der Waals surface area contributed by atoms with Crippen LogP contribution in [0.1, 0.15) is 18.9 Å². The Balaban J connectivity index is 2.65. The number of nitrogens with one attached hydrogen (secondary N) is 1. The standard InChI is InChI=1S/C6H10N2O/c1-5(9-2)6-7-3-4-8-6/h3-5H,1-2H3,(H,7,8). The van der Waals surface area contributed by atoms with Crippen molar-refractivity contribution in [2.45, 2.75) is 13.0 Å². The molecule has 0 radical (unpaired) electrons. The Bertz CT molecular complexity index is 160. The Morgan fingerprint density at radius 2 is 2.56 bits per heavy atom. The summed E-state index contributed by atoms with van der Waals surface area (Å²) < 4.78 is 5.00. The second-order valence-corrected chi connectivity index (χ2v) is 1.85. The zero-order valence-electron chi connectivity index (χ0n) is 5.59. The van der Waals surface area contributed by atoms with Gasteiger partial charge in [-0.05, 0) is 6.92 Å². The first-order valence-corrected chi connectivity index (χ1v) is 2.86. The highest BCUT2D eigenvalue weighted by atomic mass is 16.5. The van der Waals surface area contributed by atoms with Gasteiger partial charge in [0.05, 0.1) is 0 Å². The van der Waals surface area contributed by atoms with Gasteiger partial charge < -0.3 is 9.72 Å². The van der Waals surface area contributed by atoms with Crippen molar-refractivity contribution in [3.8, 4) is 0 Å². The third-order valence-corrected chi connectivity index (χ3v) is 1.26. The normalized spacial score (nSPS) is 13.6. The van der Waals surface area contributed by atoms with Crippen LogP contribution in [0.3, 0.4) is 0 Å². The third-order valence-electron chi connectivity index (χ3n) is 1.26. The van der Waals surface area contributed by atoms with Gasteiger partial charge >= 0.3 is 0 Å². The third kappa shape index (κ3) is 1.29. The summed E-state index contributed by atoms with van der Waals surface area (Å²) in [5.74, 6) is 0.873. The largest absolute Gasteiger partial charge is 0.374 e. The molecule has 50 valence electrons. The van der Waals surface area contributed by atoms with E-state index in [4.69, 9.17) is 4.74 Å². The van der Waals surface area contributed by atoms with Crippen LogP contribution in [0.25, 0.3) is 0 Å². The van der Waals surface area contributed by atoms with Crippen molar-refractivity contribution in [2.24, 2.45) is 0 Å². The van der Waals surface area contributed by atoms with Crippen LogP contribution in [-0.2, 0) is 4.74 Å². The number of ether oxygens (including phenoxy) is 1. The van der Waals surface area contributed by atoms with E-state index in [1.807, 2.05) is 6.92 Å². The quantitative estimate of drug-likeness (QED) is 0.644. The van der Waals surface area contributed by atoms with Crippen molar-refractivity contribution in [1.29, 1.82) is 0 Å². The monoisotopic (exact) mass is 126 g/mol. The molecular formula is C6H10N2O. The van der Waals surface area contributed by atoms with E-state index in [1.165, 1.54) is 0 Å². The van der Waals surface area contributed by atoms with Gasteiger partial charge in [0.15, 0.2) is 0 Å². The van der Waals surface area contributed by atoms with Crippen molar-refractivity contribution in [1.82, 2.24) is 9.97 Å². The van der Waals surface area contributed by atoms with Crippen LogP contribution in [0.4, 0.5) is 0 Å². The lowest BCUT2D eigenvalue weighted by Crippen LogP contribution is -1.97. The molecule has 1 atom stereocenters. The maximum Gasteiger partial charge on any atom is 0.134 e. The Morgan fingerprint density at radius 1 is 1.78 bits per heavy atom. The highest BCUT2D eigenvalue weighted by Crippen LogP contribution is 2.07. The van der Waals surface area contributed by atoms with Crippen molar-refractivity contribution >= 4 is 0 Å². The number of H-pyrrole nitrogens is 1. The summed E-state index contributed by atoms with van der Waals surface area (Å²) in [7, 11) is 1.66. The smallest absolute Gasteiger partial charge is 0.134 e. The lowest BCUT2D eigenvalue weighted by Gasteiger charge is -2.03. The lowest BCUT2D eigenvalue weighted by atomic mass is 10.4. The van der Waals surface area contributed by atoms with Crippen LogP contribution in [-0.4, -0.2) is 17.1 Å². The van der Waals surface area contributed by atoms with Gasteiger partial charge in [0.25, 0.3) is 0 Å². The maximum atomic E-state index is 5.00. The van der Waals surface area contributed by atoms with E-state index in [9.17, 15) is 0 Å². The average molecular weight is 126 g/mol. The average Bonchev–Trinajstić information content (AvgIpc) is 2.37. The Morgan fingerprint density at radius 3 is 3.00 bits per heavy atom. The number of nitrogens with zero attached hydrogens (tertiary/aromatic N) is 1. The van der Waals surface area contributed by atoms with E-state index in [0.29, 0.717) is 0 Å². The molecule has 0 aromatic carbocycles. The summed E-state index contributed by atoms with van der Waals surface area (Å²) in [6.45, 7) is 1.94. The SMILES string of the molecule is COC(C)c1ncc[nH]1. The van der Waals surface area contributed by atoms with Gasteiger partial charge in [-0.15, -0.1) is 0 Å². The minimum atomic E-state index is 0.0694. The first-order chi connectivity index (χ1) is 4.34. The highest BCUT2D eigenvalue weighted by Gasteiger charge is 2.02. The summed E-state index contributed by atoms with van der Waals surface area (Å²) in [6, 6.07) is 0. The number of aromatic amines is 1. The van der Waals surface area contributed by atoms with E-state index in [2.05, 4.69) is 9.97 Å². The van der Waals surface area contributed by atoms with Crippen LogP contribution >= 0.6 is 0 Å². The molecule has 0 bridgehead atoms. The molecule has 0 aliphatic rings. The number of rotatable bonds is 2. The Hall–Kier alpha value is -0.830. The fourth-order valence-corrected chi connectivity index (χ4v) is 0.611. The predicted octanol–water partition coefficient (Wildman–Crippen LogP) is 1.12. The molecule has 0 spiro atoms. The molecule has 1 heterocycles. The zero-order chi connectivity index (χ0) is 6.69. The first kappa shape index (κ1) is 6.29. The molecule has 0 fully saturated rings. The second kappa shape index (κ2) is 2.64. The Labute approximate surface area is 54.1 Å². The molecule has 0 saturated heterocycles. The molecule has 1 rings (SSSR count). The number of hydrogen-bond donors (Lipinski definition) is 1. The van der Waals surface area contributed by atoms with Gasteiger partial charge in [-0.1, -0.05) is 0 Å². The fraction of sp³-hybridized carbons (Fsp3) is 0.500. The predicted molar refractivity (Wildman–Crippen MR) is 34.0 cm³/mol. The molecule has 9 heavy (non-hydrogen) atoms. The molecule has 0 amide bonds. The molecule has 3 heteroatoms. The number of aromatic nitrogens is 2. The van der Waals surface area contributed by atoms with Crippen molar-refractivity contribution < 1.29 is 4.74 Å². The van der Waals surface area contributed by atoms with Crippen molar-refractivity contribution in [3.05, 3.63) is 18.2 Å². The molecule has 1 N–H and O–H groups in total. The van der Waals surface area contributed by atoms with Gasteiger partial charge in [-0.25, -0.2) is 4.98 Å². The summed E-state index contributed by atoms with van der Waals surface area (Å²) in [6.07, 6.45) is 3.57. The number of imidazole rings is 1. The van der Waals surface area contributed by atoms with Crippen LogP contribution in [0.2, 0.25) is 0 Å². The van der Waals surface area contributed by atoms with Crippen LogP contribution in [0.5, 0.6) is 0 Å². The summed E-state index contributed by atoms with van der Waals surface area (Å²) in [5, 5.41) is 0. The van der Waals surface area contributed by atoms with Crippen molar-refractivity contribution in [2.75, 3.05) is 7.11 Å². The molecule has 1 unspecified atom stereocenters. The molecule has 1 aromatic rings. The molecule has 0 aliphatic heterocycles. The number of methoxy groups -OCH3 is 1. The first-order valence-electron chi connectivity index (χ1n) is 2.86. The number of hydrogen-bond acceptors (Lipinski definition) is 2. The maximum absolute atomic E-state index is 5.00. The van der Waals surface area contributed by atoms with Gasteiger partial charge in [-0.2, -0.15) is 0 Å². The van der Waals surface area contributed by atoms with E-state index in [0.717, 1.165) is 5.82 Å². The molecule has 0 aliphatic carbocycles. The van der Waals surface area contributed by atoms with Crippen LogP contribution in [0.15, 0.2) is 12.4 Å². The minimum Gasteiger partial charge on any atom is -0.374 e. The topological polar surface area (TPSA) is 37.9 Å². The summed E-state index contributed by atoms with van der Waals surface area (Å²) in [4.78, 5) is 6.96. The minimum absolute atomic E-state index is 0.0694. The highest BCUT2D eigenvalue weighted by molar-refractivity contribution is 4.89. The summed E-state index contributed by atoms with van der Waals surface area (Å²) in [5.41, 5.74) is 0. The van der Waals surface area contributed by atoms with Gasteiger partial charge in [0.2, 0.25) is 0 Å². The zero-order valence-corrected chi connectivity index (χ0v) is 5.59. The lowest BCUT2D eigenvalue weighted by molar-refractivity contribution is 0.113. The molecule has 1 aromatic heterocycles. The molecular weight excluding hydrogens is 116 g/mol. The molecule has 0 saturated carbocycles. The molecule has 3 nitrogen and oxygen atoms in total. The van der Waals surface area contributed by atoms with E-state index in [-0.39, 0.29) is 6.10 Å². The Kier molecular flexibility index (Phi) is 1.85. The van der Waals surface area contributed by atoms with Gasteiger partial charge in [0, 0.05) is 19.5 Å². The van der Waals surface area contributed by atoms with E-state index >= 15 is 0 Å². The van der Waals surface area contributed by atoms with E-state index in [1.54, 1.807) is 19.5 Å². The van der Waals surface area contributed by atoms with Crippen molar-refractivity contribution in [3.63, 3.8) is 0 Å². The fourth-order valence-electron chi connectivity index (χ4n) is 0.611.